The normalized spacial score (nSPS) is 10.1. The lowest BCUT2D eigenvalue weighted by Gasteiger charge is -1.78. The molecule has 1 aliphatic rings. The highest BCUT2D eigenvalue weighted by Gasteiger charge is 2.12. The van der Waals surface area contributed by atoms with Crippen molar-refractivity contribution in [2.75, 3.05) is 0 Å². The Labute approximate surface area is 204 Å². The molecule has 0 saturated carbocycles. The van der Waals surface area contributed by atoms with Crippen molar-refractivity contribution >= 4 is 57.0 Å². The molecule has 0 radical (unpaired) electrons. The van der Waals surface area contributed by atoms with E-state index in [-0.39, 0.29) is 0 Å². The highest BCUT2D eigenvalue weighted by atomic mass is 32.1. The van der Waals surface area contributed by atoms with Crippen molar-refractivity contribution in [3.63, 3.8) is 0 Å². The van der Waals surface area contributed by atoms with Crippen molar-refractivity contribution < 1.29 is 9.59 Å². The van der Waals surface area contributed by atoms with E-state index in [9.17, 15) is 9.59 Å². The van der Waals surface area contributed by atoms with Gasteiger partial charge in [-0.15, -0.1) is 0 Å². The molecule has 166 valence electrons. The Hall–Kier alpha value is -3.04. The van der Waals surface area contributed by atoms with Gasteiger partial charge in [-0.05, 0) is 55.2 Å². The van der Waals surface area contributed by atoms with Gasteiger partial charge in [-0.2, -0.15) is 45.3 Å². The molecular weight excluding hydrogens is 477 g/mol. The molecule has 1 aliphatic heterocycles. The Morgan fingerprint density at radius 1 is 0.500 bits per heavy atom. The van der Waals surface area contributed by atoms with E-state index in [1.165, 1.54) is 12.3 Å². The quantitative estimate of drug-likeness (QED) is 0.221. The molecule has 5 aromatic heterocycles. The average Bonchev–Trinajstić information content (AvgIpc) is 3.72. The summed E-state index contributed by atoms with van der Waals surface area (Å²) in [7, 11) is 0. The van der Waals surface area contributed by atoms with Crippen LogP contribution in [0.3, 0.4) is 0 Å². The number of amides is 1. The minimum atomic E-state index is -0.542. The lowest BCUT2D eigenvalue weighted by molar-refractivity contribution is -0.133. The maximum atomic E-state index is 10.1. The van der Waals surface area contributed by atoms with E-state index >= 15 is 0 Å². The molecule has 1 amide bonds. The Morgan fingerprint density at radius 2 is 0.844 bits per heavy atom. The first-order valence-electron chi connectivity index (χ1n) is 9.28. The van der Waals surface area contributed by atoms with Crippen LogP contribution in [-0.4, -0.2) is 16.7 Å². The number of carbonyl (C=O) groups excluding carboxylic acids is 2. The molecule has 2 N–H and O–H groups in total. The molecule has 6 rings (SSSR count). The Balaban J connectivity index is 0.000000193. The van der Waals surface area contributed by atoms with Crippen molar-refractivity contribution in [1.82, 2.24) is 10.3 Å². The summed E-state index contributed by atoms with van der Waals surface area (Å²) in [6.07, 6.45) is 6.27. The number of hydrogen-bond donors (Lipinski definition) is 2. The van der Waals surface area contributed by atoms with Crippen LogP contribution in [0.2, 0.25) is 0 Å². The van der Waals surface area contributed by atoms with Gasteiger partial charge in [-0.1, -0.05) is 48.5 Å². The van der Waals surface area contributed by atoms with E-state index in [0.29, 0.717) is 0 Å². The summed E-state index contributed by atoms with van der Waals surface area (Å²) >= 11 is 6.85. The van der Waals surface area contributed by atoms with Gasteiger partial charge in [0.25, 0.3) is 5.91 Å². The van der Waals surface area contributed by atoms with Gasteiger partial charge >= 0.3 is 0 Å². The molecule has 0 aromatic carbocycles. The number of ketones is 1. The van der Waals surface area contributed by atoms with Crippen LogP contribution < -0.4 is 5.32 Å². The summed E-state index contributed by atoms with van der Waals surface area (Å²) in [5.74, 6) is -1.01. The van der Waals surface area contributed by atoms with Gasteiger partial charge in [0.15, 0.2) is 0 Å². The second kappa shape index (κ2) is 21.2. The first kappa shape index (κ1) is 27.0. The fourth-order valence-electron chi connectivity index (χ4n) is 1.52. The summed E-state index contributed by atoms with van der Waals surface area (Å²) in [5, 5.41) is 18.5. The fraction of sp³-hybridized carbons (Fsp3) is 0. The van der Waals surface area contributed by atoms with Crippen molar-refractivity contribution in [2.24, 2.45) is 0 Å². The summed E-state index contributed by atoms with van der Waals surface area (Å²) in [6, 6.07) is 20.0. The minimum absolute atomic E-state index is 0.472. The van der Waals surface area contributed by atoms with Gasteiger partial charge in [0, 0.05) is 24.7 Å². The largest absolute Gasteiger partial charge is 0.368 e. The highest BCUT2D eigenvalue weighted by Crippen LogP contribution is 1.93. The number of aromatic nitrogens is 1. The van der Waals surface area contributed by atoms with Gasteiger partial charge < -0.3 is 10.3 Å². The molecule has 0 unspecified atom stereocenters. The second-order valence-electron chi connectivity index (χ2n) is 5.23. The standard InChI is InChI=1S/C4H3NO2.C4H5N.4C4H4S/c6-3-1-2-5-4(3)7;5*1-2-4-5-3-1/h1-2H,(H,5,6,7);1-5H;4*1-4H. The SMILES string of the molecule is O=C1C=CNC1=O.c1cc[nH]c1.c1ccsc1.c1ccsc1.c1ccsc1.c1ccsc1. The smallest absolute Gasteiger partial charge is 0.295 e. The van der Waals surface area contributed by atoms with E-state index in [1.807, 2.05) is 116 Å². The zero-order valence-electron chi connectivity index (χ0n) is 17.2. The molecule has 0 spiro atoms. The van der Waals surface area contributed by atoms with Crippen molar-refractivity contribution in [1.29, 1.82) is 0 Å². The number of nitrogens with one attached hydrogen (secondary N) is 2. The maximum absolute atomic E-state index is 10.1. The Morgan fingerprint density at radius 3 is 0.938 bits per heavy atom. The van der Waals surface area contributed by atoms with E-state index in [0.717, 1.165) is 0 Å². The Kier molecular flexibility index (Phi) is 17.9. The lowest BCUT2D eigenvalue weighted by Crippen LogP contribution is -2.17. The summed E-state index contributed by atoms with van der Waals surface area (Å²) in [5.41, 5.74) is 0. The predicted octanol–water partition coefficient (Wildman–Crippen LogP) is 7.21. The molecule has 5 aromatic rings. The molecule has 8 heteroatoms. The van der Waals surface area contributed by atoms with Crippen LogP contribution in [0, 0.1) is 0 Å². The van der Waals surface area contributed by atoms with E-state index in [2.05, 4.69) is 10.3 Å². The highest BCUT2D eigenvalue weighted by molar-refractivity contribution is 7.08. The third kappa shape index (κ3) is 17.8. The topological polar surface area (TPSA) is 62.0 Å². The number of H-pyrrole nitrogens is 1. The van der Waals surface area contributed by atoms with Gasteiger partial charge in [0.2, 0.25) is 5.78 Å². The van der Waals surface area contributed by atoms with Gasteiger partial charge in [0.1, 0.15) is 0 Å². The van der Waals surface area contributed by atoms with Crippen LogP contribution in [0.1, 0.15) is 0 Å². The van der Waals surface area contributed by atoms with Crippen molar-refractivity contribution in [3.8, 4) is 0 Å². The number of rotatable bonds is 0. The zero-order valence-corrected chi connectivity index (χ0v) is 20.4. The molecule has 0 fully saturated rings. The summed E-state index contributed by atoms with van der Waals surface area (Å²) < 4.78 is 0. The maximum Gasteiger partial charge on any atom is 0.295 e. The third-order valence-electron chi connectivity index (χ3n) is 2.87. The van der Waals surface area contributed by atoms with Crippen LogP contribution in [0.5, 0.6) is 0 Å². The van der Waals surface area contributed by atoms with Crippen molar-refractivity contribution in [3.05, 3.63) is 128 Å². The molecular formula is C24H24N2O2S4. The fourth-order valence-corrected chi connectivity index (χ4v) is 3.34. The van der Waals surface area contributed by atoms with Gasteiger partial charge in [-0.25, -0.2) is 0 Å². The minimum Gasteiger partial charge on any atom is -0.368 e. The molecule has 32 heavy (non-hydrogen) atoms. The molecule has 4 nitrogen and oxygen atoms in total. The zero-order chi connectivity index (χ0) is 23.0. The average molecular weight is 501 g/mol. The second-order valence-corrected chi connectivity index (χ2v) is 8.49. The third-order valence-corrected chi connectivity index (χ3v) is 5.38. The summed E-state index contributed by atoms with van der Waals surface area (Å²) in [4.78, 5) is 23.0. The predicted molar refractivity (Wildman–Crippen MR) is 140 cm³/mol. The van der Waals surface area contributed by atoms with E-state index in [4.69, 9.17) is 0 Å². The number of aromatic amines is 1. The van der Waals surface area contributed by atoms with Gasteiger partial charge in [0.05, 0.1) is 0 Å². The molecule has 0 aliphatic carbocycles. The first-order valence-corrected chi connectivity index (χ1v) is 13.1. The summed E-state index contributed by atoms with van der Waals surface area (Å²) in [6.45, 7) is 0. The van der Waals surface area contributed by atoms with Crippen molar-refractivity contribution in [2.45, 2.75) is 0 Å². The van der Waals surface area contributed by atoms with E-state index < -0.39 is 11.7 Å². The molecule has 6 heterocycles. The monoisotopic (exact) mass is 500 g/mol. The number of hydrogen-bond acceptors (Lipinski definition) is 6. The van der Waals surface area contributed by atoms with Crippen LogP contribution in [0.15, 0.2) is 128 Å². The molecule has 0 bridgehead atoms. The Bertz CT molecular complexity index is 737. The van der Waals surface area contributed by atoms with Crippen LogP contribution >= 0.6 is 45.3 Å². The van der Waals surface area contributed by atoms with Crippen LogP contribution in [0.4, 0.5) is 0 Å². The molecule has 0 atom stereocenters. The first-order chi connectivity index (χ1) is 15.8. The van der Waals surface area contributed by atoms with Crippen LogP contribution in [-0.2, 0) is 9.59 Å². The molecule has 0 saturated heterocycles. The lowest BCUT2D eigenvalue weighted by atomic mass is 10.4. The van der Waals surface area contributed by atoms with Gasteiger partial charge in [-0.3, -0.25) is 9.59 Å². The van der Waals surface area contributed by atoms with E-state index in [1.54, 1.807) is 45.3 Å². The number of thiophene rings is 4. The van der Waals surface area contributed by atoms with Crippen LogP contribution in [0.25, 0.3) is 0 Å². The number of carbonyl (C=O) groups is 2.